The zero-order valence-corrected chi connectivity index (χ0v) is 17.2. The second-order valence-corrected chi connectivity index (χ2v) is 7.87. The first-order chi connectivity index (χ1) is 14.8. The average molecular weight is 426 g/mol. The van der Waals surface area contributed by atoms with Crippen molar-refractivity contribution in [2.24, 2.45) is 11.8 Å². The second-order valence-electron chi connectivity index (χ2n) is 7.87. The summed E-state index contributed by atoms with van der Waals surface area (Å²) in [6.45, 7) is 1.84. The monoisotopic (exact) mass is 426 g/mol. The molecule has 2 fully saturated rings. The Morgan fingerprint density at radius 2 is 1.84 bits per heavy atom. The largest absolute Gasteiger partial charge is 0.508 e. The zero-order chi connectivity index (χ0) is 22.3. The molecule has 2 aliphatic heterocycles. The number of likely N-dealkylation sites (tertiary alicyclic amines) is 1. The molecule has 2 N–H and O–H groups in total. The summed E-state index contributed by atoms with van der Waals surface area (Å²) in [4.78, 5) is 40.7. The van der Waals surface area contributed by atoms with Crippen molar-refractivity contribution >= 4 is 17.8 Å². The normalized spacial score (nSPS) is 27.5. The number of nitrogens with one attached hydrogen (secondary N) is 1. The van der Waals surface area contributed by atoms with Crippen LogP contribution in [0.25, 0.3) is 0 Å². The third kappa shape index (κ3) is 3.18. The first kappa shape index (κ1) is 21.0. The summed E-state index contributed by atoms with van der Waals surface area (Å²) in [6.07, 6.45) is 0.0304. The van der Waals surface area contributed by atoms with Gasteiger partial charge in [0.25, 0.3) is 0 Å². The molecule has 0 aromatic heterocycles. The predicted molar refractivity (Wildman–Crippen MR) is 108 cm³/mol. The van der Waals surface area contributed by atoms with E-state index in [-0.39, 0.29) is 24.3 Å². The van der Waals surface area contributed by atoms with Gasteiger partial charge in [-0.2, -0.15) is 0 Å². The molecule has 0 bridgehead atoms. The SMILES string of the molecule is CCN1C(=O)[C@H]2[C@@H](C1=O)[C@](Cc1ccc(O)cc1)(C(=O)OC)N[C@H]2c1ccccc1F. The fraction of sp³-hybridized carbons (Fsp3) is 0.348. The van der Waals surface area contributed by atoms with Gasteiger partial charge in [0, 0.05) is 24.6 Å². The van der Waals surface area contributed by atoms with E-state index in [0.717, 1.165) is 4.90 Å². The van der Waals surface area contributed by atoms with Gasteiger partial charge in [0.05, 0.1) is 18.9 Å². The first-order valence-corrected chi connectivity index (χ1v) is 10.1. The van der Waals surface area contributed by atoms with Gasteiger partial charge in [0.2, 0.25) is 11.8 Å². The number of amides is 2. The van der Waals surface area contributed by atoms with Crippen molar-refractivity contribution in [1.82, 2.24) is 10.2 Å². The smallest absolute Gasteiger partial charge is 0.327 e. The molecule has 0 saturated carbocycles. The summed E-state index contributed by atoms with van der Waals surface area (Å²) in [5.41, 5.74) is -0.702. The molecular weight excluding hydrogens is 403 g/mol. The van der Waals surface area contributed by atoms with E-state index in [1.165, 1.54) is 31.4 Å². The number of carbonyl (C=O) groups is 3. The van der Waals surface area contributed by atoms with Crippen molar-refractivity contribution in [1.29, 1.82) is 0 Å². The number of halogens is 1. The van der Waals surface area contributed by atoms with E-state index in [9.17, 15) is 23.9 Å². The van der Waals surface area contributed by atoms with Crippen LogP contribution in [0.5, 0.6) is 5.75 Å². The molecule has 8 heteroatoms. The molecule has 2 amide bonds. The minimum Gasteiger partial charge on any atom is -0.508 e. The number of phenolic OH excluding ortho intramolecular Hbond substituents is 1. The molecular formula is C23H23FN2O5. The maximum absolute atomic E-state index is 14.7. The molecule has 0 radical (unpaired) electrons. The predicted octanol–water partition coefficient (Wildman–Crippen LogP) is 1.95. The molecule has 7 nitrogen and oxygen atoms in total. The number of benzene rings is 2. The molecule has 2 saturated heterocycles. The molecule has 2 aromatic carbocycles. The highest BCUT2D eigenvalue weighted by atomic mass is 19.1. The Hall–Kier alpha value is -3.26. The Bertz CT molecular complexity index is 1040. The number of hydrogen-bond acceptors (Lipinski definition) is 6. The minimum absolute atomic E-state index is 0.0304. The number of hydrogen-bond donors (Lipinski definition) is 2. The summed E-state index contributed by atoms with van der Waals surface area (Å²) in [5, 5.41) is 12.7. The highest BCUT2D eigenvalue weighted by Crippen LogP contribution is 2.50. The quantitative estimate of drug-likeness (QED) is 0.561. The van der Waals surface area contributed by atoms with Crippen molar-refractivity contribution in [3.05, 3.63) is 65.5 Å². The van der Waals surface area contributed by atoms with Gasteiger partial charge in [-0.25, -0.2) is 4.39 Å². The fourth-order valence-corrected chi connectivity index (χ4v) is 4.91. The van der Waals surface area contributed by atoms with Crippen LogP contribution in [0.3, 0.4) is 0 Å². The van der Waals surface area contributed by atoms with Gasteiger partial charge in [-0.05, 0) is 30.7 Å². The number of rotatable bonds is 5. The molecule has 31 heavy (non-hydrogen) atoms. The van der Waals surface area contributed by atoms with Crippen LogP contribution in [0.4, 0.5) is 4.39 Å². The molecule has 0 unspecified atom stereocenters. The highest BCUT2D eigenvalue weighted by molar-refractivity contribution is 6.09. The molecule has 4 rings (SSSR count). The van der Waals surface area contributed by atoms with Gasteiger partial charge < -0.3 is 9.84 Å². The highest BCUT2D eigenvalue weighted by Gasteiger charge is 2.68. The number of fused-ring (bicyclic) bond motifs is 1. The van der Waals surface area contributed by atoms with E-state index in [0.29, 0.717) is 5.56 Å². The maximum atomic E-state index is 14.7. The van der Waals surface area contributed by atoms with E-state index >= 15 is 0 Å². The minimum atomic E-state index is -1.57. The van der Waals surface area contributed by atoms with Crippen LogP contribution in [0.15, 0.2) is 48.5 Å². The van der Waals surface area contributed by atoms with Crippen LogP contribution in [-0.4, -0.2) is 47.0 Å². The fourth-order valence-electron chi connectivity index (χ4n) is 4.91. The Labute approximate surface area is 178 Å². The lowest BCUT2D eigenvalue weighted by atomic mass is 9.76. The molecule has 0 aliphatic carbocycles. The van der Waals surface area contributed by atoms with Gasteiger partial charge in [-0.15, -0.1) is 0 Å². The number of nitrogens with zero attached hydrogens (tertiary/aromatic N) is 1. The van der Waals surface area contributed by atoms with E-state index in [2.05, 4.69) is 5.32 Å². The Morgan fingerprint density at radius 1 is 1.16 bits per heavy atom. The number of ether oxygens (including phenoxy) is 1. The van der Waals surface area contributed by atoms with E-state index in [1.807, 2.05) is 0 Å². The zero-order valence-electron chi connectivity index (χ0n) is 17.2. The summed E-state index contributed by atoms with van der Waals surface area (Å²) in [6, 6.07) is 11.3. The maximum Gasteiger partial charge on any atom is 0.327 e. The molecule has 0 spiro atoms. The van der Waals surface area contributed by atoms with Crippen LogP contribution in [0.2, 0.25) is 0 Å². The number of methoxy groups -OCH3 is 1. The van der Waals surface area contributed by atoms with Crippen LogP contribution >= 0.6 is 0 Å². The van der Waals surface area contributed by atoms with Crippen LogP contribution < -0.4 is 5.32 Å². The average Bonchev–Trinajstić information content (AvgIpc) is 3.23. The van der Waals surface area contributed by atoms with E-state index in [1.54, 1.807) is 31.2 Å². The molecule has 2 aliphatic rings. The summed E-state index contributed by atoms with van der Waals surface area (Å²) >= 11 is 0. The molecule has 2 heterocycles. The van der Waals surface area contributed by atoms with Gasteiger partial charge in [0.15, 0.2) is 0 Å². The second kappa shape index (κ2) is 7.77. The van der Waals surface area contributed by atoms with Crippen molar-refractivity contribution in [2.45, 2.75) is 24.9 Å². The van der Waals surface area contributed by atoms with Gasteiger partial charge in [-0.1, -0.05) is 30.3 Å². The lowest BCUT2D eigenvalue weighted by Gasteiger charge is -2.32. The van der Waals surface area contributed by atoms with Gasteiger partial charge in [-0.3, -0.25) is 24.6 Å². The lowest BCUT2D eigenvalue weighted by molar-refractivity contribution is -0.154. The van der Waals surface area contributed by atoms with Crippen molar-refractivity contribution < 1.29 is 28.6 Å². The molecule has 2 aromatic rings. The third-order valence-electron chi connectivity index (χ3n) is 6.27. The van der Waals surface area contributed by atoms with Crippen molar-refractivity contribution in [3.63, 3.8) is 0 Å². The van der Waals surface area contributed by atoms with Crippen LogP contribution in [0, 0.1) is 17.7 Å². The van der Waals surface area contributed by atoms with Crippen LogP contribution in [0.1, 0.15) is 24.1 Å². The van der Waals surface area contributed by atoms with E-state index < -0.39 is 47.0 Å². The number of phenols is 1. The lowest BCUT2D eigenvalue weighted by Crippen LogP contribution is -2.57. The van der Waals surface area contributed by atoms with Crippen molar-refractivity contribution in [3.8, 4) is 5.75 Å². The third-order valence-corrected chi connectivity index (χ3v) is 6.27. The van der Waals surface area contributed by atoms with Crippen molar-refractivity contribution in [2.75, 3.05) is 13.7 Å². The van der Waals surface area contributed by atoms with Crippen LogP contribution in [-0.2, 0) is 25.5 Å². The number of esters is 1. The van der Waals surface area contributed by atoms with Gasteiger partial charge >= 0.3 is 5.97 Å². The molecule has 4 atom stereocenters. The Morgan fingerprint density at radius 3 is 2.45 bits per heavy atom. The Balaban J connectivity index is 1.88. The number of carbonyl (C=O) groups excluding carboxylic acids is 3. The Kier molecular flexibility index (Phi) is 5.26. The topological polar surface area (TPSA) is 95.9 Å². The summed E-state index contributed by atoms with van der Waals surface area (Å²) < 4.78 is 19.8. The number of aromatic hydroxyl groups is 1. The summed E-state index contributed by atoms with van der Waals surface area (Å²) in [5.74, 6) is -4.08. The van der Waals surface area contributed by atoms with Gasteiger partial charge in [0.1, 0.15) is 17.1 Å². The summed E-state index contributed by atoms with van der Waals surface area (Å²) in [7, 11) is 1.22. The van der Waals surface area contributed by atoms with E-state index in [4.69, 9.17) is 4.74 Å². The molecule has 162 valence electrons. The first-order valence-electron chi connectivity index (χ1n) is 10.1. The standard InChI is InChI=1S/C23H23FN2O5/c1-3-26-20(28)17-18(21(26)29)23(22(30)31-2,12-13-8-10-14(27)11-9-13)25-19(17)15-6-4-5-7-16(15)24/h4-11,17-19,25,27H,3,12H2,1-2H3/t17-,18-,19-,23+/m0/s1. The number of imide groups is 1.